The van der Waals surface area contributed by atoms with Gasteiger partial charge in [-0.25, -0.2) is 0 Å². The number of carbonyl (C=O) groups is 1. The van der Waals surface area contributed by atoms with E-state index in [1.807, 2.05) is 0 Å². The summed E-state index contributed by atoms with van der Waals surface area (Å²) in [6.07, 6.45) is -2.58. The zero-order valence-electron chi connectivity index (χ0n) is 12.7. The van der Waals surface area contributed by atoms with Gasteiger partial charge < -0.3 is 9.47 Å². The van der Waals surface area contributed by atoms with Gasteiger partial charge in [0.05, 0.1) is 12.1 Å². The van der Waals surface area contributed by atoms with Gasteiger partial charge in [-0.1, -0.05) is 11.8 Å². The van der Waals surface area contributed by atoms with Crippen molar-refractivity contribution in [2.24, 2.45) is 7.05 Å². The number of halogens is 3. The first kappa shape index (κ1) is 16.7. The molecule has 6 heteroatoms. The average Bonchev–Trinajstić information content (AvgIpc) is 2.92. The molecule has 1 aromatic heterocycles. The van der Waals surface area contributed by atoms with Crippen LogP contribution in [0.2, 0.25) is 0 Å². The van der Waals surface area contributed by atoms with Gasteiger partial charge in [0.25, 0.3) is 5.91 Å². The summed E-state index contributed by atoms with van der Waals surface area (Å²) >= 11 is 0. The summed E-state index contributed by atoms with van der Waals surface area (Å²) in [5.74, 6) is 5.37. The monoisotopic (exact) mass is 320 g/mol. The molecule has 0 saturated heterocycles. The minimum absolute atomic E-state index is 0.167. The molecule has 0 bridgehead atoms. The number of hydrogen-bond acceptors (Lipinski definition) is 1. The zero-order valence-corrected chi connectivity index (χ0v) is 12.7. The lowest BCUT2D eigenvalue weighted by molar-refractivity contribution is -0.137. The first-order valence-electron chi connectivity index (χ1n) is 6.82. The summed E-state index contributed by atoms with van der Waals surface area (Å²) in [6.45, 7) is 0.186. The predicted molar refractivity (Wildman–Crippen MR) is 80.7 cm³/mol. The lowest BCUT2D eigenvalue weighted by Gasteiger charge is -2.14. The van der Waals surface area contributed by atoms with Crippen LogP contribution >= 0.6 is 0 Å². The number of rotatable bonds is 2. The van der Waals surface area contributed by atoms with Crippen molar-refractivity contribution in [1.29, 1.82) is 0 Å². The Bertz CT molecular complexity index is 749. The smallest absolute Gasteiger partial charge is 0.347 e. The van der Waals surface area contributed by atoms with Crippen molar-refractivity contribution in [2.75, 3.05) is 13.6 Å². The number of hydrogen-bond donors (Lipinski definition) is 0. The molecule has 1 heterocycles. The average molecular weight is 320 g/mol. The van der Waals surface area contributed by atoms with Crippen molar-refractivity contribution in [3.8, 4) is 11.8 Å². The third kappa shape index (κ3) is 4.16. The van der Waals surface area contributed by atoms with Crippen LogP contribution in [0.4, 0.5) is 13.2 Å². The third-order valence-corrected chi connectivity index (χ3v) is 3.27. The van der Waals surface area contributed by atoms with Gasteiger partial charge in [0.1, 0.15) is 5.69 Å². The van der Waals surface area contributed by atoms with Crippen LogP contribution in [0.3, 0.4) is 0 Å². The van der Waals surface area contributed by atoms with Crippen molar-refractivity contribution in [3.05, 3.63) is 59.4 Å². The number of carbonyl (C=O) groups excluding carboxylic acids is 1. The number of benzene rings is 1. The normalized spacial score (nSPS) is 10.8. The van der Waals surface area contributed by atoms with Crippen molar-refractivity contribution in [2.45, 2.75) is 6.18 Å². The van der Waals surface area contributed by atoms with Gasteiger partial charge in [0.2, 0.25) is 0 Å². The Balaban J connectivity index is 2.00. The molecular weight excluding hydrogens is 305 g/mol. The minimum Gasteiger partial charge on any atom is -0.347 e. The standard InChI is InChI=1S/C17H15F3N2O/c1-21-11-4-6-15(21)16(23)22(2)12-3-5-13-7-9-14(10-8-13)17(18,19)20/h4,6-11H,12H2,1-2H3. The highest BCUT2D eigenvalue weighted by atomic mass is 19.4. The van der Waals surface area contributed by atoms with Gasteiger partial charge in [-0.2, -0.15) is 13.2 Å². The molecule has 1 aromatic carbocycles. The van der Waals surface area contributed by atoms with Crippen LogP contribution in [0.25, 0.3) is 0 Å². The van der Waals surface area contributed by atoms with E-state index < -0.39 is 11.7 Å². The molecule has 0 aliphatic carbocycles. The quantitative estimate of drug-likeness (QED) is 0.780. The van der Waals surface area contributed by atoms with Gasteiger partial charge in [0.15, 0.2) is 0 Å². The molecule has 23 heavy (non-hydrogen) atoms. The maximum Gasteiger partial charge on any atom is 0.416 e. The highest BCUT2D eigenvalue weighted by molar-refractivity contribution is 5.92. The van der Waals surface area contributed by atoms with Crippen LogP contribution in [0.1, 0.15) is 21.6 Å². The van der Waals surface area contributed by atoms with Crippen LogP contribution in [-0.4, -0.2) is 29.0 Å². The van der Waals surface area contributed by atoms with E-state index in [4.69, 9.17) is 0 Å². The van der Waals surface area contributed by atoms with E-state index in [-0.39, 0.29) is 12.5 Å². The van der Waals surface area contributed by atoms with Gasteiger partial charge in [-0.05, 0) is 36.4 Å². The van der Waals surface area contributed by atoms with Gasteiger partial charge >= 0.3 is 6.18 Å². The molecule has 2 aromatic rings. The molecule has 0 saturated carbocycles. The van der Waals surface area contributed by atoms with E-state index in [1.165, 1.54) is 17.0 Å². The fraction of sp³-hybridized carbons (Fsp3) is 0.235. The maximum atomic E-state index is 12.5. The summed E-state index contributed by atoms with van der Waals surface area (Å²) in [6, 6.07) is 8.09. The highest BCUT2D eigenvalue weighted by Gasteiger charge is 2.29. The van der Waals surface area contributed by atoms with Crippen molar-refractivity contribution < 1.29 is 18.0 Å². The molecule has 3 nitrogen and oxygen atoms in total. The van der Waals surface area contributed by atoms with Crippen LogP contribution in [0.5, 0.6) is 0 Å². The zero-order chi connectivity index (χ0) is 17.0. The molecule has 0 spiro atoms. The molecule has 0 aliphatic heterocycles. The molecular formula is C17H15F3N2O. The topological polar surface area (TPSA) is 25.2 Å². The van der Waals surface area contributed by atoms with Crippen LogP contribution in [0, 0.1) is 11.8 Å². The first-order valence-corrected chi connectivity index (χ1v) is 6.82. The lowest BCUT2D eigenvalue weighted by atomic mass is 10.1. The Morgan fingerprint density at radius 2 is 1.87 bits per heavy atom. The number of amides is 1. The second kappa shape index (κ2) is 6.61. The van der Waals surface area contributed by atoms with Crippen molar-refractivity contribution >= 4 is 5.91 Å². The maximum absolute atomic E-state index is 12.5. The molecule has 0 unspecified atom stereocenters. The minimum atomic E-state index is -4.35. The molecule has 0 N–H and O–H groups in total. The molecule has 120 valence electrons. The second-order valence-electron chi connectivity index (χ2n) is 5.04. The fourth-order valence-electron chi connectivity index (χ4n) is 1.95. The van der Waals surface area contributed by atoms with Gasteiger partial charge in [-0.15, -0.1) is 0 Å². The van der Waals surface area contributed by atoms with E-state index in [1.54, 1.807) is 37.0 Å². The number of aryl methyl sites for hydroxylation is 1. The Labute approximate surface area is 132 Å². The van der Waals surface area contributed by atoms with E-state index in [2.05, 4.69) is 11.8 Å². The van der Waals surface area contributed by atoms with Crippen molar-refractivity contribution in [3.63, 3.8) is 0 Å². The van der Waals surface area contributed by atoms with Crippen LogP contribution in [0.15, 0.2) is 42.6 Å². The Morgan fingerprint density at radius 3 is 2.39 bits per heavy atom. The first-order chi connectivity index (χ1) is 10.8. The number of aromatic nitrogens is 1. The van der Waals surface area contributed by atoms with Crippen LogP contribution in [-0.2, 0) is 13.2 Å². The Kier molecular flexibility index (Phi) is 4.80. The molecule has 1 amide bonds. The van der Waals surface area contributed by atoms with Crippen molar-refractivity contribution in [1.82, 2.24) is 9.47 Å². The van der Waals surface area contributed by atoms with Crippen LogP contribution < -0.4 is 0 Å². The Hall–Kier alpha value is -2.68. The summed E-state index contributed by atoms with van der Waals surface area (Å²) in [5, 5.41) is 0. The summed E-state index contributed by atoms with van der Waals surface area (Å²) < 4.78 is 39.1. The van der Waals surface area contributed by atoms with E-state index in [0.29, 0.717) is 11.3 Å². The lowest BCUT2D eigenvalue weighted by Crippen LogP contribution is -2.28. The number of alkyl halides is 3. The summed E-state index contributed by atoms with van der Waals surface area (Å²) in [5.41, 5.74) is 0.306. The van der Waals surface area contributed by atoms with Gasteiger partial charge in [-0.3, -0.25) is 4.79 Å². The molecule has 0 atom stereocenters. The molecule has 2 rings (SSSR count). The predicted octanol–water partition coefficient (Wildman–Crippen LogP) is 3.17. The van der Waals surface area contributed by atoms with E-state index >= 15 is 0 Å². The molecule has 0 fully saturated rings. The summed E-state index contributed by atoms with van der Waals surface area (Å²) in [4.78, 5) is 13.6. The fourth-order valence-corrected chi connectivity index (χ4v) is 1.95. The highest BCUT2D eigenvalue weighted by Crippen LogP contribution is 2.28. The molecule has 0 aliphatic rings. The largest absolute Gasteiger partial charge is 0.416 e. The summed E-state index contributed by atoms with van der Waals surface area (Å²) in [7, 11) is 3.39. The second-order valence-corrected chi connectivity index (χ2v) is 5.04. The Morgan fingerprint density at radius 1 is 1.22 bits per heavy atom. The number of nitrogens with zero attached hydrogens (tertiary/aromatic N) is 2. The third-order valence-electron chi connectivity index (χ3n) is 3.27. The molecule has 0 radical (unpaired) electrons. The van der Waals surface area contributed by atoms with E-state index in [9.17, 15) is 18.0 Å². The van der Waals surface area contributed by atoms with Gasteiger partial charge in [0, 0.05) is 25.9 Å². The van der Waals surface area contributed by atoms with E-state index in [0.717, 1.165) is 12.1 Å². The SMILES string of the molecule is CN(CC#Cc1ccc(C(F)(F)F)cc1)C(=O)c1cccn1C.